The Hall–Kier alpha value is -1.89. The third-order valence-electron chi connectivity index (χ3n) is 4.89. The molecule has 0 aliphatic carbocycles. The minimum absolute atomic E-state index is 0.0590. The molecule has 0 spiro atoms. The van der Waals surface area contributed by atoms with Crippen molar-refractivity contribution in [3.8, 4) is 17.2 Å². The summed E-state index contributed by atoms with van der Waals surface area (Å²) in [5, 5.41) is 9.89. The van der Waals surface area contributed by atoms with E-state index in [4.69, 9.17) is 14.3 Å². The number of benzene rings is 2. The van der Waals surface area contributed by atoms with Gasteiger partial charge in [-0.15, -0.1) is 5.06 Å². The van der Waals surface area contributed by atoms with Crippen LogP contribution in [0.5, 0.6) is 17.2 Å². The summed E-state index contributed by atoms with van der Waals surface area (Å²) < 4.78 is 9.89. The molecule has 2 aromatic rings. The number of amides is 3. The van der Waals surface area contributed by atoms with Crippen LogP contribution < -0.4 is 4.74 Å². The van der Waals surface area contributed by atoms with Crippen LogP contribution in [0.15, 0.2) is 48.5 Å². The van der Waals surface area contributed by atoms with Gasteiger partial charge in [-0.2, -0.15) is 0 Å². The molecule has 3 rings (SSSR count). The van der Waals surface area contributed by atoms with E-state index < -0.39 is 36.9 Å². The molecular formula is C24H23I3N2O8. The maximum atomic E-state index is 13.5. The van der Waals surface area contributed by atoms with Crippen LogP contribution in [0.25, 0.3) is 0 Å². The number of carbonyl (C=O) groups excluding carboxylic acids is 4. The molecule has 2 atom stereocenters. The fourth-order valence-electron chi connectivity index (χ4n) is 3.10. The molecule has 2 aromatic carbocycles. The monoisotopic (exact) mass is 848 g/mol. The highest BCUT2D eigenvalue weighted by Gasteiger charge is 2.54. The van der Waals surface area contributed by atoms with Gasteiger partial charge in [0.15, 0.2) is 0 Å². The Kier molecular flexibility index (Phi) is 9.52. The van der Waals surface area contributed by atoms with Gasteiger partial charge < -0.3 is 19.4 Å². The molecule has 3 amide bonds. The number of hydrogen-bond donors (Lipinski definition) is 1. The summed E-state index contributed by atoms with van der Waals surface area (Å²) in [4.78, 5) is 55.9. The Morgan fingerprint density at radius 1 is 0.973 bits per heavy atom. The quantitative estimate of drug-likeness (QED) is 0.119. The summed E-state index contributed by atoms with van der Waals surface area (Å²) in [5.41, 5.74) is -0.203. The highest BCUT2D eigenvalue weighted by molar-refractivity contribution is 14.1. The van der Waals surface area contributed by atoms with E-state index in [1.807, 2.05) is 22.6 Å². The van der Waals surface area contributed by atoms with E-state index in [2.05, 4.69) is 0 Å². The highest BCUT2D eigenvalue weighted by atomic mass is 127. The van der Waals surface area contributed by atoms with E-state index in [0.29, 0.717) is 22.1 Å². The van der Waals surface area contributed by atoms with E-state index in [-0.39, 0.29) is 18.6 Å². The van der Waals surface area contributed by atoms with Gasteiger partial charge in [-0.25, -0.2) is 12.7 Å². The number of phenols is 1. The Labute approximate surface area is 254 Å². The molecule has 1 fully saturated rings. The Morgan fingerprint density at radius 3 is 1.95 bits per heavy atom. The number of aromatic hydroxyl groups is 1. The SMILES string of the molecule is CC(C)(C)OC(=O)N(I)[C@](I)(C(=O)ON1C(=O)CCC1=O)C(I)c1ccc(Oc2ccc(O)cc2)cc1. The normalized spacial score (nSPS) is 16.1. The molecule has 1 aliphatic rings. The first-order valence-electron chi connectivity index (χ1n) is 10.9. The highest BCUT2D eigenvalue weighted by Crippen LogP contribution is 2.48. The van der Waals surface area contributed by atoms with Gasteiger partial charge in [-0.3, -0.25) is 9.59 Å². The maximum absolute atomic E-state index is 13.5. The maximum Gasteiger partial charge on any atom is 0.420 e. The largest absolute Gasteiger partial charge is 0.508 e. The van der Waals surface area contributed by atoms with Crippen LogP contribution in [0, 0.1) is 0 Å². The van der Waals surface area contributed by atoms with Crippen molar-refractivity contribution in [3.05, 3.63) is 54.1 Å². The summed E-state index contributed by atoms with van der Waals surface area (Å²) in [7, 11) is 0. The van der Waals surface area contributed by atoms with Crippen molar-refractivity contribution in [3.63, 3.8) is 0 Å². The first kappa shape index (κ1) is 29.7. The molecule has 1 unspecified atom stereocenters. The summed E-state index contributed by atoms with van der Waals surface area (Å²) in [6.07, 6.45) is -0.917. The molecule has 198 valence electrons. The van der Waals surface area contributed by atoms with Crippen molar-refractivity contribution in [1.29, 1.82) is 0 Å². The van der Waals surface area contributed by atoms with Gasteiger partial charge in [0.1, 0.15) is 22.8 Å². The number of nitrogens with zero attached hydrogens (tertiary/aromatic N) is 2. The van der Waals surface area contributed by atoms with Gasteiger partial charge in [-0.05, 0) is 85.3 Å². The first-order chi connectivity index (χ1) is 17.2. The molecule has 10 nitrogen and oxygen atoms in total. The zero-order chi connectivity index (χ0) is 27.5. The second-order valence-corrected chi connectivity index (χ2v) is 12.8. The van der Waals surface area contributed by atoms with Crippen molar-refractivity contribution in [2.75, 3.05) is 0 Å². The van der Waals surface area contributed by atoms with Gasteiger partial charge in [0.05, 0.1) is 26.8 Å². The summed E-state index contributed by atoms with van der Waals surface area (Å²) >= 11 is 5.47. The summed E-state index contributed by atoms with van der Waals surface area (Å²) in [5.74, 6) is -1.10. The van der Waals surface area contributed by atoms with E-state index >= 15 is 0 Å². The molecule has 1 saturated heterocycles. The Bertz CT molecular complexity index is 1170. The van der Waals surface area contributed by atoms with E-state index in [0.717, 1.165) is 3.11 Å². The molecule has 0 aromatic heterocycles. The number of alkyl halides is 2. The third kappa shape index (κ3) is 7.15. The standard InChI is InChI=1S/C24H23I3N2O8/c1-23(2,3)36-22(34)29(27)24(26,21(33)37-28-18(31)12-13-19(28)32)20(25)14-4-8-16(9-5-14)35-17-10-6-15(30)7-11-17/h4-11,20,30H,12-13H2,1-3H3/t20?,24-/m0/s1. The number of ether oxygens (including phenoxy) is 2. The molecular weight excluding hydrogens is 825 g/mol. The smallest absolute Gasteiger partial charge is 0.420 e. The zero-order valence-electron chi connectivity index (χ0n) is 19.9. The second-order valence-electron chi connectivity index (χ2n) is 8.92. The minimum Gasteiger partial charge on any atom is -0.508 e. The van der Waals surface area contributed by atoms with Crippen molar-refractivity contribution in [2.45, 2.75) is 46.7 Å². The van der Waals surface area contributed by atoms with Crippen molar-refractivity contribution < 1.29 is 38.6 Å². The molecule has 1 N–H and O–H groups in total. The van der Waals surface area contributed by atoms with Gasteiger partial charge >= 0.3 is 12.1 Å². The van der Waals surface area contributed by atoms with Crippen molar-refractivity contribution in [1.82, 2.24) is 8.18 Å². The van der Waals surface area contributed by atoms with Gasteiger partial charge in [-0.1, -0.05) is 34.7 Å². The average molecular weight is 848 g/mol. The van der Waals surface area contributed by atoms with Gasteiger partial charge in [0.25, 0.3) is 11.8 Å². The first-order valence-corrected chi connectivity index (χ1v) is 14.2. The number of imide groups is 1. The molecule has 0 radical (unpaired) electrons. The third-order valence-corrected chi connectivity index (χ3v) is 11.3. The lowest BCUT2D eigenvalue weighted by Crippen LogP contribution is -2.54. The number of hydrogen-bond acceptors (Lipinski definition) is 8. The van der Waals surface area contributed by atoms with Crippen LogP contribution in [-0.4, -0.2) is 46.3 Å². The Morgan fingerprint density at radius 2 is 1.46 bits per heavy atom. The van der Waals surface area contributed by atoms with Gasteiger partial charge in [0, 0.05) is 12.8 Å². The topological polar surface area (TPSA) is 123 Å². The lowest BCUT2D eigenvalue weighted by Gasteiger charge is -2.37. The van der Waals surface area contributed by atoms with Crippen LogP contribution in [0.3, 0.4) is 0 Å². The fraction of sp³-hybridized carbons (Fsp3) is 0.333. The zero-order valence-corrected chi connectivity index (χ0v) is 26.4. The van der Waals surface area contributed by atoms with Crippen LogP contribution in [0.1, 0.15) is 43.1 Å². The second kappa shape index (κ2) is 11.9. The molecule has 0 saturated carbocycles. The van der Waals surface area contributed by atoms with E-state index in [1.54, 1.807) is 103 Å². The Balaban J connectivity index is 1.90. The van der Waals surface area contributed by atoms with Gasteiger partial charge in [0.2, 0.25) is 3.55 Å². The number of phenolic OH excluding ortho intramolecular Hbond substituents is 1. The van der Waals surface area contributed by atoms with Crippen LogP contribution in [-0.2, 0) is 24.0 Å². The number of rotatable bonds is 7. The molecule has 1 aliphatic heterocycles. The van der Waals surface area contributed by atoms with E-state index in [1.165, 1.54) is 12.1 Å². The number of hydroxylamine groups is 2. The molecule has 1 heterocycles. The molecule has 13 heteroatoms. The predicted molar refractivity (Wildman–Crippen MR) is 157 cm³/mol. The molecule has 0 bridgehead atoms. The fourth-order valence-corrected chi connectivity index (χ4v) is 5.81. The van der Waals surface area contributed by atoms with Crippen LogP contribution >= 0.6 is 68.0 Å². The number of carbonyl (C=O) groups is 4. The minimum atomic E-state index is -1.72. The lowest BCUT2D eigenvalue weighted by atomic mass is 10.1. The summed E-state index contributed by atoms with van der Waals surface area (Å²) in [6.45, 7) is 5.08. The van der Waals surface area contributed by atoms with Crippen molar-refractivity contribution >= 4 is 91.9 Å². The average Bonchev–Trinajstić information content (AvgIpc) is 3.15. The summed E-state index contributed by atoms with van der Waals surface area (Å²) in [6, 6.07) is 13.1. The van der Waals surface area contributed by atoms with Crippen LogP contribution in [0.4, 0.5) is 4.79 Å². The lowest BCUT2D eigenvalue weighted by molar-refractivity contribution is -0.200. The molecule has 37 heavy (non-hydrogen) atoms. The van der Waals surface area contributed by atoms with Crippen LogP contribution in [0.2, 0.25) is 0 Å². The van der Waals surface area contributed by atoms with Crippen molar-refractivity contribution in [2.24, 2.45) is 0 Å². The van der Waals surface area contributed by atoms with E-state index in [9.17, 15) is 24.3 Å². The predicted octanol–water partition coefficient (Wildman–Crippen LogP) is 5.99. The number of halogens is 3.